The van der Waals surface area contributed by atoms with Gasteiger partial charge in [-0.2, -0.15) is 0 Å². The second kappa shape index (κ2) is 15.3. The second-order valence-corrected chi connectivity index (χ2v) is 22.7. The van der Waals surface area contributed by atoms with Crippen LogP contribution in [0.2, 0.25) is 0 Å². The zero-order valence-corrected chi connectivity index (χ0v) is 40.8. The Hall–Kier alpha value is -6.00. The minimum Gasteiger partial charge on any atom is -0.311 e. The highest BCUT2D eigenvalue weighted by Gasteiger charge is 2.45. The summed E-state index contributed by atoms with van der Waals surface area (Å²) in [5.74, 6) is 0. The van der Waals surface area contributed by atoms with Crippen LogP contribution in [0.5, 0.6) is 0 Å². The third-order valence-electron chi connectivity index (χ3n) is 13.5. The van der Waals surface area contributed by atoms with Crippen LogP contribution in [0.25, 0.3) is 0 Å². The smallest absolute Gasteiger partial charge is 0.252 e. The average Bonchev–Trinajstić information content (AvgIpc) is 3.22. The van der Waals surface area contributed by atoms with Crippen LogP contribution in [-0.4, -0.2) is 6.71 Å². The Morgan fingerprint density at radius 2 is 0.734 bits per heavy atom. The maximum absolute atomic E-state index is 2.60. The van der Waals surface area contributed by atoms with Crippen LogP contribution in [0.4, 0.5) is 51.2 Å². The minimum atomic E-state index is -0.0463. The third kappa shape index (κ3) is 7.74. The summed E-state index contributed by atoms with van der Waals surface area (Å²) in [5, 5.41) is 0. The summed E-state index contributed by atoms with van der Waals surface area (Å²) < 4.78 is 0. The highest BCUT2D eigenvalue weighted by molar-refractivity contribution is 7.00. The molecule has 7 aromatic rings. The number of hydrogen-bond acceptors (Lipinski definition) is 3. The van der Waals surface area contributed by atoms with E-state index in [2.05, 4.69) is 257 Å². The molecule has 0 radical (unpaired) electrons. The summed E-state index contributed by atoms with van der Waals surface area (Å²) >= 11 is 0. The van der Waals surface area contributed by atoms with E-state index in [-0.39, 0.29) is 28.4 Å². The van der Waals surface area contributed by atoms with E-state index in [1.165, 1.54) is 83.9 Å². The molecule has 0 saturated heterocycles. The zero-order chi connectivity index (χ0) is 45.7. The molecule has 324 valence electrons. The molecule has 9 rings (SSSR count). The van der Waals surface area contributed by atoms with Crippen LogP contribution < -0.4 is 31.1 Å². The van der Waals surface area contributed by atoms with E-state index >= 15 is 0 Å². The summed E-state index contributed by atoms with van der Waals surface area (Å²) in [7, 11) is 0. The number of rotatable bonds is 5. The number of anilines is 9. The van der Waals surface area contributed by atoms with Crippen molar-refractivity contribution in [1.82, 2.24) is 0 Å². The quantitative estimate of drug-likeness (QED) is 0.160. The molecule has 2 aliphatic rings. The predicted molar refractivity (Wildman–Crippen MR) is 279 cm³/mol. The molecule has 0 fully saturated rings. The molecular weight excluding hydrogens is 773 g/mol. The van der Waals surface area contributed by atoms with Gasteiger partial charge in [-0.05, 0) is 158 Å². The second-order valence-electron chi connectivity index (χ2n) is 22.7. The molecular formula is C60H66BN3. The third-order valence-corrected chi connectivity index (χ3v) is 13.5. The van der Waals surface area contributed by atoms with E-state index < -0.39 is 0 Å². The maximum Gasteiger partial charge on any atom is 0.252 e. The fourth-order valence-electron chi connectivity index (χ4n) is 9.80. The van der Waals surface area contributed by atoms with E-state index in [9.17, 15) is 0 Å². The van der Waals surface area contributed by atoms with Crippen LogP contribution in [0.1, 0.15) is 116 Å². The Bertz CT molecular complexity index is 2740. The molecule has 0 amide bonds. The lowest BCUT2D eigenvalue weighted by atomic mass is 9.33. The van der Waals surface area contributed by atoms with E-state index in [1.807, 2.05) is 0 Å². The molecule has 2 aliphatic heterocycles. The summed E-state index contributed by atoms with van der Waals surface area (Å²) in [6.45, 7) is 32.3. The topological polar surface area (TPSA) is 9.72 Å². The van der Waals surface area contributed by atoms with Gasteiger partial charge >= 0.3 is 0 Å². The first-order chi connectivity index (χ1) is 30.1. The first-order valence-corrected chi connectivity index (χ1v) is 23.3. The summed E-state index contributed by atoms with van der Waals surface area (Å²) in [6.07, 6.45) is 0. The fourth-order valence-corrected chi connectivity index (χ4v) is 9.80. The molecule has 2 heterocycles. The van der Waals surface area contributed by atoms with Gasteiger partial charge in [0.15, 0.2) is 0 Å². The standard InChI is InChI=1S/C60H66BN3/c1-39-19-15-23-45(31-39)62(46-24-16-20-40(2)32-46)49-37-54-56-55(38-49)64(48-26-18-22-42(34-48)58(6,7)8)53-36-44(60(12,13)14)28-30-51(53)61(56)50-29-27-43(59(9,10)11)35-52(50)63(54)47-25-17-21-41(33-47)57(3,4)5/h15-38H,1-14H3. The molecule has 7 aromatic carbocycles. The van der Waals surface area contributed by atoms with Crippen molar-refractivity contribution in [3.63, 3.8) is 0 Å². The van der Waals surface area contributed by atoms with E-state index in [4.69, 9.17) is 0 Å². The monoisotopic (exact) mass is 840 g/mol. The largest absolute Gasteiger partial charge is 0.311 e. The van der Waals surface area contributed by atoms with Crippen molar-refractivity contribution in [3.8, 4) is 0 Å². The van der Waals surface area contributed by atoms with Crippen LogP contribution >= 0.6 is 0 Å². The average molecular weight is 840 g/mol. The Morgan fingerprint density at radius 1 is 0.359 bits per heavy atom. The van der Waals surface area contributed by atoms with Gasteiger partial charge in [0.05, 0.1) is 5.69 Å². The van der Waals surface area contributed by atoms with E-state index in [1.54, 1.807) is 0 Å². The van der Waals surface area contributed by atoms with Gasteiger partial charge in [-0.15, -0.1) is 0 Å². The first-order valence-electron chi connectivity index (χ1n) is 23.3. The summed E-state index contributed by atoms with van der Waals surface area (Å²) in [5.41, 5.74) is 22.2. The van der Waals surface area contributed by atoms with Crippen LogP contribution in [-0.2, 0) is 21.7 Å². The molecule has 4 heteroatoms. The van der Waals surface area contributed by atoms with Crippen molar-refractivity contribution in [3.05, 3.63) is 179 Å². The highest BCUT2D eigenvalue weighted by Crippen LogP contribution is 2.50. The van der Waals surface area contributed by atoms with Crippen molar-refractivity contribution in [2.75, 3.05) is 14.7 Å². The van der Waals surface area contributed by atoms with Gasteiger partial charge in [-0.3, -0.25) is 0 Å². The van der Waals surface area contributed by atoms with Crippen LogP contribution in [0.15, 0.2) is 146 Å². The van der Waals surface area contributed by atoms with Crippen molar-refractivity contribution >= 4 is 74.3 Å². The number of nitrogens with zero attached hydrogens (tertiary/aromatic N) is 3. The van der Waals surface area contributed by atoms with Crippen molar-refractivity contribution in [2.24, 2.45) is 0 Å². The number of hydrogen-bond donors (Lipinski definition) is 0. The van der Waals surface area contributed by atoms with Gasteiger partial charge in [0.2, 0.25) is 0 Å². The van der Waals surface area contributed by atoms with Crippen LogP contribution in [0, 0.1) is 13.8 Å². The Balaban J connectivity index is 1.47. The first kappa shape index (κ1) is 43.3. The highest BCUT2D eigenvalue weighted by atomic mass is 15.2. The SMILES string of the molecule is Cc1cccc(N(c2cccc(C)c2)c2cc3c4c(c2)N(c2cccc(C(C)(C)C)c2)c2cc(C(C)(C)C)ccc2B4c2ccc(C(C)(C)C)cc2N3c2cccc(C(C)(C)C)c2)c1. The molecule has 0 bridgehead atoms. The molecule has 0 aromatic heterocycles. The van der Waals surface area contributed by atoms with Gasteiger partial charge in [-0.25, -0.2) is 0 Å². The van der Waals surface area contributed by atoms with Crippen molar-refractivity contribution in [1.29, 1.82) is 0 Å². The Labute approximate surface area is 384 Å². The van der Waals surface area contributed by atoms with Gasteiger partial charge in [0.1, 0.15) is 0 Å². The summed E-state index contributed by atoms with van der Waals surface area (Å²) in [6, 6.07) is 56.2. The molecule has 0 saturated carbocycles. The maximum atomic E-state index is 2.60. The number of fused-ring (bicyclic) bond motifs is 4. The molecule has 0 aliphatic carbocycles. The zero-order valence-electron chi connectivity index (χ0n) is 40.8. The molecule has 64 heavy (non-hydrogen) atoms. The molecule has 0 atom stereocenters. The molecule has 3 nitrogen and oxygen atoms in total. The summed E-state index contributed by atoms with van der Waals surface area (Å²) in [4.78, 5) is 7.67. The van der Waals surface area contributed by atoms with Gasteiger partial charge in [-0.1, -0.05) is 156 Å². The Kier molecular flexibility index (Phi) is 10.4. The van der Waals surface area contributed by atoms with Crippen molar-refractivity contribution < 1.29 is 0 Å². The normalized spacial score (nSPS) is 13.7. The van der Waals surface area contributed by atoms with Gasteiger partial charge in [0, 0.05) is 45.5 Å². The van der Waals surface area contributed by atoms with E-state index in [0.717, 1.165) is 17.1 Å². The van der Waals surface area contributed by atoms with E-state index in [0.29, 0.717) is 0 Å². The van der Waals surface area contributed by atoms with Gasteiger partial charge < -0.3 is 14.7 Å². The molecule has 0 spiro atoms. The van der Waals surface area contributed by atoms with Crippen LogP contribution in [0.3, 0.4) is 0 Å². The fraction of sp³-hybridized carbons (Fsp3) is 0.300. The molecule has 0 N–H and O–H groups in total. The lowest BCUT2D eigenvalue weighted by molar-refractivity contribution is 0.589. The minimum absolute atomic E-state index is 0.00238. The van der Waals surface area contributed by atoms with Gasteiger partial charge in [0.25, 0.3) is 6.71 Å². The lowest BCUT2D eigenvalue weighted by Gasteiger charge is -2.46. The Morgan fingerprint density at radius 3 is 1.11 bits per heavy atom. The number of benzene rings is 7. The number of aryl methyl sites for hydroxylation is 2. The lowest BCUT2D eigenvalue weighted by Crippen LogP contribution is -2.61. The predicted octanol–water partition coefficient (Wildman–Crippen LogP) is 15.0. The van der Waals surface area contributed by atoms with Crippen molar-refractivity contribution in [2.45, 2.75) is 119 Å². The molecule has 0 unspecified atom stereocenters.